The Bertz CT molecular complexity index is 2590. The Kier molecular flexibility index (Phi) is 9.59. The van der Waals surface area contributed by atoms with Gasteiger partial charge in [0.1, 0.15) is 0 Å². The van der Waals surface area contributed by atoms with Gasteiger partial charge in [0.05, 0.1) is 24.0 Å². The first-order valence-corrected chi connectivity index (χ1v) is 19.7. The molecule has 6 aromatic rings. The van der Waals surface area contributed by atoms with E-state index in [0.29, 0.717) is 6.54 Å². The lowest BCUT2D eigenvalue weighted by Crippen LogP contribution is -2.31. The van der Waals surface area contributed by atoms with Crippen molar-refractivity contribution < 1.29 is 0 Å². The molecule has 0 amide bonds. The number of para-hydroxylation sites is 1. The van der Waals surface area contributed by atoms with Crippen molar-refractivity contribution in [1.29, 1.82) is 0 Å². The quantitative estimate of drug-likeness (QED) is 0.137. The summed E-state index contributed by atoms with van der Waals surface area (Å²) in [6.07, 6.45) is 11.4. The molecule has 0 fully saturated rings. The molecule has 272 valence electrons. The normalized spacial score (nSPS) is 17.6. The maximum atomic E-state index is 5.04. The van der Waals surface area contributed by atoms with Gasteiger partial charge in [-0.2, -0.15) is 0 Å². The van der Waals surface area contributed by atoms with E-state index in [-0.39, 0.29) is 12.0 Å². The fourth-order valence-electron chi connectivity index (χ4n) is 8.87. The molecule has 2 atom stereocenters. The molecule has 3 aliphatic rings. The van der Waals surface area contributed by atoms with Gasteiger partial charge in [0.25, 0.3) is 0 Å². The monoisotopic (exact) mass is 723 g/mol. The van der Waals surface area contributed by atoms with Crippen LogP contribution in [0.4, 0.5) is 5.69 Å². The van der Waals surface area contributed by atoms with E-state index >= 15 is 0 Å². The highest BCUT2D eigenvalue weighted by molar-refractivity contribution is 6.12. The van der Waals surface area contributed by atoms with Crippen LogP contribution in [-0.4, -0.2) is 12.4 Å². The third-order valence-corrected chi connectivity index (χ3v) is 11.6. The van der Waals surface area contributed by atoms with Crippen LogP contribution in [-0.2, 0) is 6.54 Å². The number of fused-ring (bicyclic) bond motifs is 5. The number of hydrogen-bond donors (Lipinski definition) is 0. The number of benzene rings is 6. The van der Waals surface area contributed by atoms with E-state index in [2.05, 4.69) is 182 Å². The third-order valence-electron chi connectivity index (χ3n) is 11.6. The maximum Gasteiger partial charge on any atom is 0.0716 e. The van der Waals surface area contributed by atoms with Gasteiger partial charge in [-0.1, -0.05) is 158 Å². The van der Waals surface area contributed by atoms with Crippen molar-refractivity contribution in [3.05, 3.63) is 232 Å². The molecule has 56 heavy (non-hydrogen) atoms. The minimum absolute atomic E-state index is 0.148. The maximum absolute atomic E-state index is 5.04. The van der Waals surface area contributed by atoms with Gasteiger partial charge >= 0.3 is 0 Å². The zero-order valence-electron chi connectivity index (χ0n) is 32.1. The van der Waals surface area contributed by atoms with Crippen LogP contribution >= 0.6 is 0 Å². The highest BCUT2D eigenvalue weighted by atomic mass is 15.2. The number of aliphatic imine (C=N–C) groups is 2. The summed E-state index contributed by atoms with van der Waals surface area (Å²) in [6.45, 7) is 9.12. The summed E-state index contributed by atoms with van der Waals surface area (Å²) in [5, 5.41) is 0. The Morgan fingerprint density at radius 1 is 0.696 bits per heavy atom. The molecule has 1 aliphatic carbocycles. The standard InChI is InChI=1S/C53H45N3/c1-36-17-13-14-24-44(36)51-37(2)56-50-26-16-15-25-46(50)52(42-22-11-6-12-23-42)53(56)47-33-43(31-32-45(47)51)39-27-29-41(30-28-39)48(54-3)34-49(40-20-9-5-10-21-40)55-35-38-18-7-4-8-19-38/h4-5,7-11,13-34,52-53H,3,6,12,35H2,1-2H3/b48-34-,55-49?. The second-order valence-electron chi connectivity index (χ2n) is 14.9. The van der Waals surface area contributed by atoms with Crippen LogP contribution in [0.1, 0.15) is 76.2 Å². The van der Waals surface area contributed by atoms with Crippen LogP contribution in [0.25, 0.3) is 22.4 Å². The lowest BCUT2D eigenvalue weighted by molar-refractivity contribution is 0.627. The molecular formula is C53H45N3. The van der Waals surface area contributed by atoms with Gasteiger partial charge in [0, 0.05) is 28.4 Å². The summed E-state index contributed by atoms with van der Waals surface area (Å²) < 4.78 is 0. The molecule has 0 spiro atoms. The lowest BCUT2D eigenvalue weighted by Gasteiger charge is -2.40. The van der Waals surface area contributed by atoms with Gasteiger partial charge in [0.2, 0.25) is 0 Å². The van der Waals surface area contributed by atoms with Gasteiger partial charge in [-0.3, -0.25) is 9.98 Å². The smallest absolute Gasteiger partial charge is 0.0716 e. The summed E-state index contributed by atoms with van der Waals surface area (Å²) in [5.41, 5.74) is 19.3. The highest BCUT2D eigenvalue weighted by Gasteiger charge is 2.45. The van der Waals surface area contributed by atoms with Gasteiger partial charge in [-0.15, -0.1) is 0 Å². The molecule has 0 saturated heterocycles. The fourth-order valence-corrected chi connectivity index (χ4v) is 8.87. The summed E-state index contributed by atoms with van der Waals surface area (Å²) in [4.78, 5) is 12.2. The van der Waals surface area contributed by atoms with E-state index < -0.39 is 0 Å². The molecule has 2 heterocycles. The van der Waals surface area contributed by atoms with Crippen LogP contribution in [0, 0.1) is 6.92 Å². The van der Waals surface area contributed by atoms with Crippen LogP contribution in [0.3, 0.4) is 0 Å². The van der Waals surface area contributed by atoms with E-state index in [1.807, 2.05) is 24.3 Å². The number of hydrogen-bond acceptors (Lipinski definition) is 3. The molecule has 2 unspecified atom stereocenters. The Hall–Kier alpha value is -6.58. The van der Waals surface area contributed by atoms with Crippen molar-refractivity contribution in [3.63, 3.8) is 0 Å². The predicted molar refractivity (Wildman–Crippen MR) is 236 cm³/mol. The second-order valence-corrected chi connectivity index (χ2v) is 14.9. The topological polar surface area (TPSA) is 28.0 Å². The Morgan fingerprint density at radius 2 is 1.41 bits per heavy atom. The van der Waals surface area contributed by atoms with Crippen LogP contribution < -0.4 is 4.90 Å². The second kappa shape index (κ2) is 15.3. The number of aryl methyl sites for hydroxylation is 1. The zero-order chi connectivity index (χ0) is 38.0. The zero-order valence-corrected chi connectivity index (χ0v) is 32.1. The van der Waals surface area contributed by atoms with Crippen molar-refractivity contribution in [2.75, 3.05) is 4.90 Å². The fraction of sp³-hybridized carbons (Fsp3) is 0.132. The van der Waals surface area contributed by atoms with E-state index in [1.54, 1.807) is 0 Å². The molecule has 0 radical (unpaired) electrons. The minimum atomic E-state index is 0.148. The van der Waals surface area contributed by atoms with E-state index in [9.17, 15) is 0 Å². The first-order valence-electron chi connectivity index (χ1n) is 19.7. The lowest BCUT2D eigenvalue weighted by atomic mass is 9.76. The number of rotatable bonds is 9. The Morgan fingerprint density at radius 3 is 2.16 bits per heavy atom. The number of anilines is 1. The first-order chi connectivity index (χ1) is 27.6. The van der Waals surface area contributed by atoms with E-state index in [4.69, 9.17) is 4.99 Å². The molecule has 3 heteroatoms. The van der Waals surface area contributed by atoms with E-state index in [1.165, 1.54) is 61.5 Å². The summed E-state index contributed by atoms with van der Waals surface area (Å²) >= 11 is 0. The van der Waals surface area contributed by atoms with Gasteiger partial charge < -0.3 is 4.90 Å². The van der Waals surface area contributed by atoms with Gasteiger partial charge in [-0.05, 0) is 107 Å². The van der Waals surface area contributed by atoms with Crippen LogP contribution in [0.5, 0.6) is 0 Å². The van der Waals surface area contributed by atoms with E-state index in [0.717, 1.165) is 40.9 Å². The number of nitrogens with zero attached hydrogens (tertiary/aromatic N) is 3. The summed E-state index contributed by atoms with van der Waals surface area (Å²) in [5.74, 6) is 0.237. The van der Waals surface area contributed by atoms with Crippen molar-refractivity contribution >= 4 is 29.4 Å². The molecule has 0 bridgehead atoms. The summed E-state index contributed by atoms with van der Waals surface area (Å²) in [7, 11) is 0. The van der Waals surface area contributed by atoms with Crippen molar-refractivity contribution in [2.45, 2.75) is 45.2 Å². The largest absolute Gasteiger partial charge is 0.336 e. The van der Waals surface area contributed by atoms with Crippen LogP contribution in [0.2, 0.25) is 0 Å². The van der Waals surface area contributed by atoms with Gasteiger partial charge in [-0.25, -0.2) is 0 Å². The SMILES string of the molecule is C=N/C(=C\C(=NCc1ccccc1)c1ccccc1)c1ccc(-c2ccc3c(c2)C2C(C4=CCCC=C4)c4ccccc4N2C(C)=C3c2ccccc2C)cc1. The third kappa shape index (κ3) is 6.50. The minimum Gasteiger partial charge on any atom is -0.336 e. The molecule has 0 N–H and O–H groups in total. The van der Waals surface area contributed by atoms with Crippen molar-refractivity contribution in [2.24, 2.45) is 9.98 Å². The van der Waals surface area contributed by atoms with Crippen molar-refractivity contribution in [1.82, 2.24) is 0 Å². The van der Waals surface area contributed by atoms with Gasteiger partial charge in [0.15, 0.2) is 0 Å². The molecule has 2 aliphatic heterocycles. The van der Waals surface area contributed by atoms with Crippen molar-refractivity contribution in [3.8, 4) is 11.1 Å². The molecular weight excluding hydrogens is 679 g/mol. The predicted octanol–water partition coefficient (Wildman–Crippen LogP) is 13.1. The average Bonchev–Trinajstić information content (AvgIpc) is 3.61. The average molecular weight is 724 g/mol. The summed E-state index contributed by atoms with van der Waals surface area (Å²) in [6, 6.07) is 54.6. The molecule has 6 aromatic carbocycles. The Labute approximate surface area is 331 Å². The number of allylic oxidation sites excluding steroid dienone is 5. The van der Waals surface area contributed by atoms with Crippen LogP contribution in [0.15, 0.2) is 197 Å². The first kappa shape index (κ1) is 35.1. The Balaban J connectivity index is 1.13. The molecule has 3 nitrogen and oxygen atoms in total. The molecule has 0 aromatic heterocycles. The molecule has 0 saturated carbocycles. The molecule has 9 rings (SSSR count). The highest BCUT2D eigenvalue weighted by Crippen LogP contribution is 2.59.